The maximum Gasteiger partial charge on any atom is 0.225 e. The van der Waals surface area contributed by atoms with Crippen LogP contribution in [0.1, 0.15) is 25.7 Å². The Balaban J connectivity index is 1.45. The van der Waals surface area contributed by atoms with Gasteiger partial charge in [0, 0.05) is 48.4 Å². The lowest BCUT2D eigenvalue weighted by molar-refractivity contribution is -0.133. The first-order chi connectivity index (χ1) is 10.7. The van der Waals surface area contributed by atoms with E-state index in [4.69, 9.17) is 0 Å². The number of aromatic nitrogens is 1. The summed E-state index contributed by atoms with van der Waals surface area (Å²) in [6, 6.07) is 4.64. The normalized spacial score (nSPS) is 19.6. The number of fused-ring (bicyclic) bond motifs is 1. The predicted molar refractivity (Wildman–Crippen MR) is 90.3 cm³/mol. The fraction of sp³-hybridized carbons (Fsp3) is 0.529. The van der Waals surface area contributed by atoms with E-state index in [-0.39, 0.29) is 0 Å². The van der Waals surface area contributed by atoms with E-state index in [1.807, 2.05) is 18.1 Å². The van der Waals surface area contributed by atoms with Gasteiger partial charge in [0.2, 0.25) is 5.91 Å². The Labute approximate surface area is 134 Å². The summed E-state index contributed by atoms with van der Waals surface area (Å²) in [6.07, 6.45) is 6.16. The molecule has 1 aliphatic heterocycles. The van der Waals surface area contributed by atoms with E-state index in [0.29, 0.717) is 17.9 Å². The Morgan fingerprint density at radius 2 is 2.05 bits per heavy atom. The van der Waals surface area contributed by atoms with E-state index < -0.39 is 0 Å². The molecule has 4 rings (SSSR count). The number of thiophene rings is 1. The number of rotatable bonds is 3. The van der Waals surface area contributed by atoms with Crippen LogP contribution in [0.4, 0.5) is 5.82 Å². The molecule has 1 aliphatic carbocycles. The molecule has 0 spiro atoms. The van der Waals surface area contributed by atoms with Crippen molar-refractivity contribution in [3.05, 3.63) is 23.7 Å². The largest absolute Gasteiger partial charge is 0.356 e. The first kappa shape index (κ1) is 14.0. The molecule has 0 atom stereocenters. The molecule has 1 saturated carbocycles. The van der Waals surface area contributed by atoms with Crippen LogP contribution in [0.5, 0.6) is 0 Å². The second kappa shape index (κ2) is 5.54. The van der Waals surface area contributed by atoms with Crippen molar-refractivity contribution in [1.82, 2.24) is 9.88 Å². The number of pyridine rings is 1. The van der Waals surface area contributed by atoms with Crippen LogP contribution in [-0.2, 0) is 4.79 Å². The number of carbonyl (C=O) groups is 1. The average molecular weight is 315 g/mol. The van der Waals surface area contributed by atoms with Gasteiger partial charge in [0.05, 0.1) is 0 Å². The average Bonchev–Trinajstić information content (AvgIpc) is 3.30. The molecular formula is C17H21N3OS. The molecule has 0 bridgehead atoms. The molecule has 2 aromatic heterocycles. The topological polar surface area (TPSA) is 36.4 Å². The third kappa shape index (κ3) is 2.47. The van der Waals surface area contributed by atoms with Crippen LogP contribution < -0.4 is 4.90 Å². The summed E-state index contributed by atoms with van der Waals surface area (Å²) in [4.78, 5) is 21.2. The van der Waals surface area contributed by atoms with Crippen molar-refractivity contribution in [3.63, 3.8) is 0 Å². The molecule has 2 aliphatic rings. The van der Waals surface area contributed by atoms with Gasteiger partial charge in [-0.1, -0.05) is 0 Å². The molecule has 5 heteroatoms. The molecule has 0 aromatic carbocycles. The molecule has 22 heavy (non-hydrogen) atoms. The number of hydrogen-bond donors (Lipinski definition) is 0. The van der Waals surface area contributed by atoms with Crippen molar-refractivity contribution in [1.29, 1.82) is 0 Å². The van der Waals surface area contributed by atoms with Crippen LogP contribution in [-0.4, -0.2) is 42.0 Å². The van der Waals surface area contributed by atoms with Gasteiger partial charge in [-0.25, -0.2) is 4.98 Å². The van der Waals surface area contributed by atoms with Gasteiger partial charge in [-0.05, 0) is 43.2 Å². The van der Waals surface area contributed by atoms with E-state index in [9.17, 15) is 4.79 Å². The Kier molecular flexibility index (Phi) is 3.53. The molecule has 3 heterocycles. The summed E-state index contributed by atoms with van der Waals surface area (Å²) >= 11 is 1.77. The zero-order valence-corrected chi connectivity index (χ0v) is 13.7. The van der Waals surface area contributed by atoms with Crippen LogP contribution in [0.2, 0.25) is 0 Å². The van der Waals surface area contributed by atoms with Gasteiger partial charge in [-0.3, -0.25) is 4.79 Å². The molecule has 116 valence electrons. The van der Waals surface area contributed by atoms with Crippen molar-refractivity contribution in [2.45, 2.75) is 31.7 Å². The summed E-state index contributed by atoms with van der Waals surface area (Å²) in [6.45, 7) is 1.96. The molecule has 1 saturated heterocycles. The highest BCUT2D eigenvalue weighted by atomic mass is 32.1. The lowest BCUT2D eigenvalue weighted by atomic mass is 10.0. The Hall–Kier alpha value is -1.62. The number of carbonyl (C=O) groups excluding carboxylic acids is 1. The molecule has 2 aromatic rings. The molecule has 0 N–H and O–H groups in total. The van der Waals surface area contributed by atoms with Crippen molar-refractivity contribution < 1.29 is 4.79 Å². The lowest BCUT2D eigenvalue weighted by Crippen LogP contribution is -2.46. The highest BCUT2D eigenvalue weighted by Crippen LogP contribution is 2.33. The van der Waals surface area contributed by atoms with Crippen molar-refractivity contribution in [2.24, 2.45) is 5.92 Å². The van der Waals surface area contributed by atoms with Gasteiger partial charge < -0.3 is 9.80 Å². The van der Waals surface area contributed by atoms with Gasteiger partial charge in [0.15, 0.2) is 0 Å². The summed E-state index contributed by atoms with van der Waals surface area (Å²) in [5.74, 6) is 1.79. The van der Waals surface area contributed by atoms with E-state index in [2.05, 4.69) is 27.4 Å². The highest BCUT2D eigenvalue weighted by Gasteiger charge is 2.35. The Morgan fingerprint density at radius 1 is 1.27 bits per heavy atom. The third-order valence-electron chi connectivity index (χ3n) is 4.94. The summed E-state index contributed by atoms with van der Waals surface area (Å²) in [5, 5.41) is 3.39. The standard InChI is InChI=1S/C17H21N3OS/c1-19(17(21)12-2-3-12)13-5-9-20(10-6-13)16-14-7-11-22-15(14)4-8-18-16/h4,7-8,11-13H,2-3,5-6,9-10H2,1H3. The third-order valence-corrected chi connectivity index (χ3v) is 5.83. The van der Waals surface area contributed by atoms with Gasteiger partial charge in [0.1, 0.15) is 5.82 Å². The van der Waals surface area contributed by atoms with Crippen LogP contribution in [0, 0.1) is 5.92 Å². The van der Waals surface area contributed by atoms with Gasteiger partial charge in [0.25, 0.3) is 0 Å². The van der Waals surface area contributed by atoms with Crippen molar-refractivity contribution >= 4 is 33.1 Å². The van der Waals surface area contributed by atoms with Crippen molar-refractivity contribution in [2.75, 3.05) is 25.0 Å². The monoisotopic (exact) mass is 315 g/mol. The Bertz CT molecular complexity index is 686. The fourth-order valence-electron chi connectivity index (χ4n) is 3.40. The van der Waals surface area contributed by atoms with Crippen molar-refractivity contribution in [3.8, 4) is 0 Å². The molecule has 4 nitrogen and oxygen atoms in total. The maximum atomic E-state index is 12.2. The summed E-state index contributed by atoms with van der Waals surface area (Å²) in [5.41, 5.74) is 0. The minimum absolute atomic E-state index is 0.323. The number of nitrogens with zero attached hydrogens (tertiary/aromatic N) is 3. The summed E-state index contributed by atoms with van der Waals surface area (Å²) < 4.78 is 1.30. The Morgan fingerprint density at radius 3 is 2.77 bits per heavy atom. The zero-order valence-electron chi connectivity index (χ0n) is 12.9. The van der Waals surface area contributed by atoms with E-state index in [1.54, 1.807) is 11.3 Å². The van der Waals surface area contributed by atoms with Crippen LogP contribution >= 0.6 is 11.3 Å². The maximum absolute atomic E-state index is 12.2. The molecule has 0 radical (unpaired) electrons. The second-order valence-corrected chi connectivity index (χ2v) is 7.36. The minimum Gasteiger partial charge on any atom is -0.356 e. The fourth-order valence-corrected chi connectivity index (χ4v) is 4.17. The van der Waals surface area contributed by atoms with Crippen LogP contribution in [0.25, 0.3) is 10.1 Å². The number of piperidine rings is 1. The predicted octanol–water partition coefficient (Wildman–Crippen LogP) is 3.13. The van der Waals surface area contributed by atoms with Gasteiger partial charge >= 0.3 is 0 Å². The first-order valence-corrected chi connectivity index (χ1v) is 8.96. The first-order valence-electron chi connectivity index (χ1n) is 8.08. The zero-order chi connectivity index (χ0) is 15.1. The van der Waals surface area contributed by atoms with Crippen LogP contribution in [0.15, 0.2) is 23.7 Å². The molecule has 2 fully saturated rings. The number of anilines is 1. The molecule has 0 unspecified atom stereocenters. The van der Waals surface area contributed by atoms with E-state index in [1.165, 1.54) is 10.1 Å². The smallest absolute Gasteiger partial charge is 0.225 e. The van der Waals surface area contributed by atoms with Gasteiger partial charge in [-0.2, -0.15) is 0 Å². The minimum atomic E-state index is 0.323. The number of hydrogen-bond acceptors (Lipinski definition) is 4. The van der Waals surface area contributed by atoms with Gasteiger partial charge in [-0.15, -0.1) is 11.3 Å². The van der Waals surface area contributed by atoms with E-state index >= 15 is 0 Å². The van der Waals surface area contributed by atoms with Crippen LogP contribution in [0.3, 0.4) is 0 Å². The van der Waals surface area contributed by atoms with E-state index in [0.717, 1.165) is 44.6 Å². The highest BCUT2D eigenvalue weighted by molar-refractivity contribution is 7.17. The quantitative estimate of drug-likeness (QED) is 0.873. The summed E-state index contributed by atoms with van der Waals surface area (Å²) in [7, 11) is 1.98. The second-order valence-electron chi connectivity index (χ2n) is 6.41. The SMILES string of the molecule is CN(C(=O)C1CC1)C1CCN(c2nccc3sccc23)CC1. The molecular weight excluding hydrogens is 294 g/mol. The number of amides is 1. The lowest BCUT2D eigenvalue weighted by Gasteiger charge is -2.37. The molecule has 1 amide bonds.